The van der Waals surface area contributed by atoms with Crippen molar-refractivity contribution in [2.45, 2.75) is 0 Å². The lowest BCUT2D eigenvalue weighted by molar-refractivity contribution is 0.262. The summed E-state index contributed by atoms with van der Waals surface area (Å²) in [7, 11) is 0. The third-order valence-electron chi connectivity index (χ3n) is 2.67. The number of rotatable bonds is 2. The Labute approximate surface area is 119 Å². The van der Waals surface area contributed by atoms with Crippen molar-refractivity contribution in [1.29, 1.82) is 0 Å². The van der Waals surface area contributed by atoms with Crippen LogP contribution in [0, 0.1) is 0 Å². The van der Waals surface area contributed by atoms with Gasteiger partial charge >= 0.3 is 6.03 Å². The number of carbonyl (C=O) groups excluding carboxylic acids is 1. The van der Waals surface area contributed by atoms with Crippen molar-refractivity contribution in [3.8, 4) is 0 Å². The highest BCUT2D eigenvalue weighted by Gasteiger charge is 2.05. The van der Waals surface area contributed by atoms with Crippen molar-refractivity contribution in [1.82, 2.24) is 4.98 Å². The summed E-state index contributed by atoms with van der Waals surface area (Å²) in [5.74, 6) is 0. The van der Waals surface area contributed by atoms with Gasteiger partial charge in [-0.15, -0.1) is 0 Å². The molecule has 5 nitrogen and oxygen atoms in total. The van der Waals surface area contributed by atoms with E-state index in [1.165, 1.54) is 6.39 Å². The van der Waals surface area contributed by atoms with Crippen LogP contribution in [-0.4, -0.2) is 11.0 Å². The molecule has 0 aliphatic rings. The smallest absolute Gasteiger partial charge is 0.323 e. The van der Waals surface area contributed by atoms with E-state index in [1.807, 2.05) is 0 Å². The lowest BCUT2D eigenvalue weighted by Gasteiger charge is -2.07. The first-order valence-corrected chi connectivity index (χ1v) is 6.25. The molecule has 100 valence electrons. The van der Waals surface area contributed by atoms with E-state index >= 15 is 0 Å². The van der Waals surface area contributed by atoms with Gasteiger partial charge in [0.05, 0.1) is 0 Å². The van der Waals surface area contributed by atoms with Crippen molar-refractivity contribution >= 4 is 40.1 Å². The van der Waals surface area contributed by atoms with Crippen molar-refractivity contribution in [2.24, 2.45) is 0 Å². The second-order valence-corrected chi connectivity index (χ2v) is 4.56. The van der Waals surface area contributed by atoms with Crippen LogP contribution in [-0.2, 0) is 0 Å². The van der Waals surface area contributed by atoms with Crippen LogP contribution in [0.5, 0.6) is 0 Å². The predicted molar refractivity (Wildman–Crippen MR) is 78.1 cm³/mol. The Balaban J connectivity index is 1.72. The zero-order valence-electron chi connectivity index (χ0n) is 10.3. The number of fused-ring (bicyclic) bond motifs is 1. The van der Waals surface area contributed by atoms with Gasteiger partial charge in [-0.3, -0.25) is 0 Å². The minimum Gasteiger partial charge on any atom is -0.443 e. The zero-order chi connectivity index (χ0) is 13.9. The summed E-state index contributed by atoms with van der Waals surface area (Å²) < 4.78 is 5.17. The van der Waals surface area contributed by atoms with Crippen LogP contribution < -0.4 is 10.6 Å². The molecule has 20 heavy (non-hydrogen) atoms. The third kappa shape index (κ3) is 2.73. The van der Waals surface area contributed by atoms with Crippen molar-refractivity contribution in [3.63, 3.8) is 0 Å². The van der Waals surface area contributed by atoms with Crippen LogP contribution in [0.4, 0.5) is 16.2 Å². The molecule has 3 aromatic rings. The van der Waals surface area contributed by atoms with E-state index in [9.17, 15) is 4.79 Å². The number of amides is 2. The molecule has 0 fully saturated rings. The summed E-state index contributed by atoms with van der Waals surface area (Å²) in [5.41, 5.74) is 2.60. The van der Waals surface area contributed by atoms with Gasteiger partial charge in [0.2, 0.25) is 0 Å². The SMILES string of the molecule is O=C(Nc1cccc(Cl)c1)Nc1ccc2ncoc2c1. The van der Waals surface area contributed by atoms with E-state index in [-0.39, 0.29) is 6.03 Å². The molecule has 0 radical (unpaired) electrons. The van der Waals surface area contributed by atoms with Gasteiger partial charge in [-0.1, -0.05) is 17.7 Å². The molecule has 2 N–H and O–H groups in total. The lowest BCUT2D eigenvalue weighted by Crippen LogP contribution is -2.19. The summed E-state index contributed by atoms with van der Waals surface area (Å²) in [4.78, 5) is 15.9. The highest BCUT2D eigenvalue weighted by atomic mass is 35.5. The van der Waals surface area contributed by atoms with Crippen molar-refractivity contribution < 1.29 is 9.21 Å². The number of nitrogens with one attached hydrogen (secondary N) is 2. The number of hydrogen-bond donors (Lipinski definition) is 2. The molecule has 2 amide bonds. The number of benzene rings is 2. The summed E-state index contributed by atoms with van der Waals surface area (Å²) in [5, 5.41) is 5.96. The van der Waals surface area contributed by atoms with Crippen LogP contribution in [0.3, 0.4) is 0 Å². The van der Waals surface area contributed by atoms with Crippen LogP contribution in [0.25, 0.3) is 11.1 Å². The van der Waals surface area contributed by atoms with Gasteiger partial charge < -0.3 is 15.1 Å². The van der Waals surface area contributed by atoms with E-state index in [0.29, 0.717) is 22.0 Å². The van der Waals surface area contributed by atoms with E-state index in [2.05, 4.69) is 15.6 Å². The normalized spacial score (nSPS) is 10.4. The third-order valence-corrected chi connectivity index (χ3v) is 2.91. The second kappa shape index (κ2) is 5.22. The van der Waals surface area contributed by atoms with E-state index in [4.69, 9.17) is 16.0 Å². The number of carbonyl (C=O) groups is 1. The van der Waals surface area contributed by atoms with Crippen LogP contribution in [0.1, 0.15) is 0 Å². The topological polar surface area (TPSA) is 67.2 Å². The van der Waals surface area contributed by atoms with E-state index in [0.717, 1.165) is 5.52 Å². The maximum absolute atomic E-state index is 11.9. The van der Waals surface area contributed by atoms with Gasteiger partial charge in [-0.2, -0.15) is 0 Å². The highest BCUT2D eigenvalue weighted by Crippen LogP contribution is 2.19. The van der Waals surface area contributed by atoms with Crippen LogP contribution >= 0.6 is 11.6 Å². The zero-order valence-corrected chi connectivity index (χ0v) is 11.0. The fourth-order valence-electron chi connectivity index (χ4n) is 1.79. The maximum Gasteiger partial charge on any atom is 0.323 e. The number of oxazole rings is 1. The number of anilines is 2. The van der Waals surface area contributed by atoms with Crippen molar-refractivity contribution in [2.75, 3.05) is 10.6 Å². The molecule has 2 aromatic carbocycles. The first kappa shape index (κ1) is 12.5. The summed E-state index contributed by atoms with van der Waals surface area (Å²) in [6, 6.07) is 11.8. The van der Waals surface area contributed by atoms with Crippen LogP contribution in [0.2, 0.25) is 5.02 Å². The number of urea groups is 1. The Morgan fingerprint density at radius 3 is 2.70 bits per heavy atom. The minimum atomic E-state index is -0.355. The Hall–Kier alpha value is -2.53. The highest BCUT2D eigenvalue weighted by molar-refractivity contribution is 6.30. The van der Waals surface area contributed by atoms with E-state index in [1.54, 1.807) is 42.5 Å². The molecular formula is C14H10ClN3O2. The quantitative estimate of drug-likeness (QED) is 0.745. The van der Waals surface area contributed by atoms with Gasteiger partial charge in [-0.25, -0.2) is 9.78 Å². The fourth-order valence-corrected chi connectivity index (χ4v) is 1.98. The molecule has 0 unspecified atom stereocenters. The molecule has 0 aliphatic heterocycles. The predicted octanol–water partition coefficient (Wildman–Crippen LogP) is 4.13. The molecule has 0 atom stereocenters. The van der Waals surface area contributed by atoms with Gasteiger partial charge in [-0.05, 0) is 30.3 Å². The van der Waals surface area contributed by atoms with Crippen LogP contribution in [0.15, 0.2) is 53.3 Å². The molecule has 0 saturated carbocycles. The Bertz CT molecular complexity index is 770. The molecule has 0 bridgehead atoms. The monoisotopic (exact) mass is 287 g/mol. The van der Waals surface area contributed by atoms with Gasteiger partial charge in [0.25, 0.3) is 0 Å². The standard InChI is InChI=1S/C14H10ClN3O2/c15-9-2-1-3-10(6-9)17-14(19)18-11-4-5-12-13(7-11)20-8-16-12/h1-8H,(H2,17,18,19). The van der Waals surface area contributed by atoms with Gasteiger partial charge in [0.15, 0.2) is 12.0 Å². The van der Waals surface area contributed by atoms with Gasteiger partial charge in [0, 0.05) is 22.5 Å². The average molecular weight is 288 g/mol. The average Bonchev–Trinajstić information content (AvgIpc) is 2.86. The Morgan fingerprint density at radius 2 is 1.90 bits per heavy atom. The number of aromatic nitrogens is 1. The maximum atomic E-state index is 11.9. The molecule has 0 saturated heterocycles. The second-order valence-electron chi connectivity index (χ2n) is 4.12. The molecule has 1 aromatic heterocycles. The molecule has 0 spiro atoms. The number of hydrogen-bond acceptors (Lipinski definition) is 3. The molecule has 0 aliphatic carbocycles. The van der Waals surface area contributed by atoms with Gasteiger partial charge in [0.1, 0.15) is 5.52 Å². The first-order chi connectivity index (χ1) is 9.70. The number of nitrogens with zero attached hydrogens (tertiary/aromatic N) is 1. The summed E-state index contributed by atoms with van der Waals surface area (Å²) >= 11 is 5.85. The lowest BCUT2D eigenvalue weighted by atomic mass is 10.3. The molecular weight excluding hydrogens is 278 g/mol. The molecule has 1 heterocycles. The minimum absolute atomic E-state index is 0.355. The fraction of sp³-hybridized carbons (Fsp3) is 0. The first-order valence-electron chi connectivity index (χ1n) is 5.87. The summed E-state index contributed by atoms with van der Waals surface area (Å²) in [6.07, 6.45) is 1.36. The Morgan fingerprint density at radius 1 is 1.10 bits per heavy atom. The van der Waals surface area contributed by atoms with E-state index < -0.39 is 0 Å². The largest absolute Gasteiger partial charge is 0.443 e. The molecule has 6 heteroatoms. The molecule has 3 rings (SSSR count). The number of halogens is 1. The van der Waals surface area contributed by atoms with Crippen molar-refractivity contribution in [3.05, 3.63) is 53.9 Å². The summed E-state index contributed by atoms with van der Waals surface area (Å²) in [6.45, 7) is 0. The Kier molecular flexibility index (Phi) is 3.26.